The number of fused-ring (bicyclic) bond motifs is 2. The molecule has 4 heterocycles. The third kappa shape index (κ3) is 7.26. The molecule has 13 heteroatoms. The molecule has 1 fully saturated rings. The molecule has 0 saturated carbocycles. The van der Waals surface area contributed by atoms with E-state index in [-0.39, 0.29) is 36.1 Å². The average molecular weight is 703 g/mol. The van der Waals surface area contributed by atoms with Crippen LogP contribution in [0.15, 0.2) is 77.9 Å². The van der Waals surface area contributed by atoms with Crippen molar-refractivity contribution >= 4 is 45.3 Å². The van der Waals surface area contributed by atoms with Crippen LogP contribution in [0.2, 0.25) is 5.02 Å². The van der Waals surface area contributed by atoms with E-state index in [1.807, 2.05) is 41.3 Å². The number of phenols is 1. The number of hydrogen-bond donors (Lipinski definition) is 2. The van der Waals surface area contributed by atoms with Crippen molar-refractivity contribution in [2.75, 3.05) is 32.0 Å². The summed E-state index contributed by atoms with van der Waals surface area (Å²) >= 11 is 6.59. The number of hydrogen-bond acceptors (Lipinski definition) is 9. The molecule has 1 aliphatic rings. The Morgan fingerprint density at radius 2 is 1.80 bits per heavy atom. The summed E-state index contributed by atoms with van der Waals surface area (Å²) in [5.74, 6) is 7.28. The number of anilines is 1. The molecule has 3 aromatic carbocycles. The Morgan fingerprint density at radius 1 is 0.980 bits per heavy atom. The van der Waals surface area contributed by atoms with E-state index < -0.39 is 0 Å². The number of aromatic nitrogens is 6. The maximum atomic E-state index is 14.5. The van der Waals surface area contributed by atoms with Crippen LogP contribution < -0.4 is 11.3 Å². The topological polar surface area (TPSA) is 154 Å². The summed E-state index contributed by atoms with van der Waals surface area (Å²) < 4.78 is 8.57. The summed E-state index contributed by atoms with van der Waals surface area (Å²) in [4.78, 5) is 42.5. The molecule has 1 amide bonds. The molecule has 0 atom stereocenters. The Morgan fingerprint density at radius 3 is 2.63 bits per heavy atom. The number of aromatic hydroxyl groups is 1. The minimum Gasteiger partial charge on any atom is -0.508 e. The van der Waals surface area contributed by atoms with E-state index in [0.29, 0.717) is 88.7 Å². The number of benzene rings is 3. The molecule has 0 spiro atoms. The SMILES string of the molecule is Nc1ncnc2c1c(-c1cccc(O)c1)nn2Cc1nc2cccc(C#CCCCCC(=O)N3CCOCC3)c2c(=O)n1Cc1ccccc1Cl. The van der Waals surface area contributed by atoms with Gasteiger partial charge in [0.2, 0.25) is 5.91 Å². The highest BCUT2D eigenvalue weighted by atomic mass is 35.5. The Balaban J connectivity index is 1.23. The lowest BCUT2D eigenvalue weighted by molar-refractivity contribution is -0.135. The number of phenolic OH excluding ortho intramolecular Hbond substituents is 1. The van der Waals surface area contributed by atoms with Gasteiger partial charge in [0.05, 0.1) is 36.0 Å². The summed E-state index contributed by atoms with van der Waals surface area (Å²) in [5.41, 5.74) is 9.44. The maximum Gasteiger partial charge on any atom is 0.263 e. The molecule has 0 unspecified atom stereocenters. The number of halogens is 1. The van der Waals surface area contributed by atoms with Gasteiger partial charge >= 0.3 is 0 Å². The molecule has 1 aliphatic heterocycles. The quantitative estimate of drug-likeness (QED) is 0.156. The first-order chi connectivity index (χ1) is 24.9. The number of nitrogen functional groups attached to an aromatic ring is 1. The number of amides is 1. The van der Waals surface area contributed by atoms with E-state index in [9.17, 15) is 14.7 Å². The van der Waals surface area contributed by atoms with E-state index in [2.05, 4.69) is 21.8 Å². The van der Waals surface area contributed by atoms with Crippen LogP contribution in [0.1, 0.15) is 42.6 Å². The van der Waals surface area contributed by atoms with Gasteiger partial charge in [-0.25, -0.2) is 19.6 Å². The van der Waals surface area contributed by atoms with Crippen molar-refractivity contribution in [1.82, 2.24) is 34.2 Å². The second-order valence-electron chi connectivity index (χ2n) is 12.2. The highest BCUT2D eigenvalue weighted by Crippen LogP contribution is 2.32. The van der Waals surface area contributed by atoms with Crippen molar-refractivity contribution in [2.45, 2.75) is 38.8 Å². The summed E-state index contributed by atoms with van der Waals surface area (Å²) in [6.07, 6.45) is 3.94. The van der Waals surface area contributed by atoms with Crippen LogP contribution in [0, 0.1) is 11.8 Å². The Labute approximate surface area is 298 Å². The molecule has 3 N–H and O–H groups in total. The largest absolute Gasteiger partial charge is 0.508 e. The number of nitrogens with zero attached hydrogens (tertiary/aromatic N) is 7. The van der Waals surface area contributed by atoms with Crippen LogP contribution in [0.5, 0.6) is 5.75 Å². The van der Waals surface area contributed by atoms with Crippen molar-refractivity contribution in [3.8, 4) is 28.8 Å². The molecule has 51 heavy (non-hydrogen) atoms. The standard InChI is InChI=1S/C38H35ClN8O4/c39-29-14-6-5-10-27(29)22-46-31(23-47-37-34(36(40)41-24-42-37)35(44-47)26-12-7-13-28(48)21-26)43-30-15-8-11-25(33(30)38(46)50)9-3-1-2-4-16-32(49)45-17-19-51-20-18-45/h5-8,10-15,21,24,48H,1-2,4,16-20,22-23H2,(H2,40,41,42). The maximum absolute atomic E-state index is 14.5. The van der Waals surface area contributed by atoms with Gasteiger partial charge in [0.1, 0.15) is 36.0 Å². The third-order valence-corrected chi connectivity index (χ3v) is 9.22. The van der Waals surface area contributed by atoms with Crippen LogP contribution >= 0.6 is 11.6 Å². The lowest BCUT2D eigenvalue weighted by Gasteiger charge is -2.26. The number of unbranched alkanes of at least 4 members (excludes halogenated alkanes) is 2. The molecule has 6 aromatic rings. The fraction of sp³-hybridized carbons (Fsp3) is 0.263. The highest BCUT2D eigenvalue weighted by molar-refractivity contribution is 6.31. The predicted molar refractivity (Wildman–Crippen MR) is 195 cm³/mol. The van der Waals surface area contributed by atoms with E-state index in [1.54, 1.807) is 39.6 Å². The van der Waals surface area contributed by atoms with Crippen molar-refractivity contribution < 1.29 is 14.6 Å². The molecular formula is C38H35ClN8O4. The first kappa shape index (κ1) is 33.7. The van der Waals surface area contributed by atoms with Gasteiger partial charge in [-0.2, -0.15) is 5.10 Å². The molecule has 0 bridgehead atoms. The van der Waals surface area contributed by atoms with Gasteiger partial charge < -0.3 is 20.5 Å². The predicted octanol–water partition coefficient (Wildman–Crippen LogP) is 5.01. The smallest absolute Gasteiger partial charge is 0.263 e. The van der Waals surface area contributed by atoms with Crippen LogP contribution in [0.25, 0.3) is 33.2 Å². The third-order valence-electron chi connectivity index (χ3n) is 8.85. The van der Waals surface area contributed by atoms with Crippen LogP contribution in [0.4, 0.5) is 5.82 Å². The monoisotopic (exact) mass is 702 g/mol. The fourth-order valence-electron chi connectivity index (χ4n) is 6.24. The van der Waals surface area contributed by atoms with Gasteiger partial charge in [-0.1, -0.05) is 59.8 Å². The molecular weight excluding hydrogens is 668 g/mol. The number of ether oxygens (including phenoxy) is 1. The van der Waals surface area contributed by atoms with Crippen LogP contribution in [-0.4, -0.2) is 71.5 Å². The summed E-state index contributed by atoms with van der Waals surface area (Å²) in [6, 6.07) is 19.5. The normalized spacial score (nSPS) is 13.0. The fourth-order valence-corrected chi connectivity index (χ4v) is 6.44. The molecule has 12 nitrogen and oxygen atoms in total. The second kappa shape index (κ2) is 15.0. The van der Waals surface area contributed by atoms with E-state index in [1.165, 1.54) is 6.33 Å². The number of carbonyl (C=O) groups is 1. The van der Waals surface area contributed by atoms with Gasteiger partial charge in [0.25, 0.3) is 5.56 Å². The Hall–Kier alpha value is -5.77. The second-order valence-corrected chi connectivity index (χ2v) is 12.6. The van der Waals surface area contributed by atoms with Crippen molar-refractivity contribution in [1.29, 1.82) is 0 Å². The van der Waals surface area contributed by atoms with Gasteiger partial charge in [-0.15, -0.1) is 0 Å². The molecule has 3 aromatic heterocycles. The number of rotatable bonds is 9. The molecule has 1 saturated heterocycles. The Kier molecular flexibility index (Phi) is 9.92. The zero-order chi connectivity index (χ0) is 35.3. The highest BCUT2D eigenvalue weighted by Gasteiger charge is 2.21. The van der Waals surface area contributed by atoms with Gasteiger partial charge in [0, 0.05) is 42.1 Å². The molecule has 7 rings (SSSR count). The zero-order valence-corrected chi connectivity index (χ0v) is 28.5. The van der Waals surface area contributed by atoms with Crippen LogP contribution in [-0.2, 0) is 22.6 Å². The molecule has 0 radical (unpaired) electrons. The first-order valence-electron chi connectivity index (χ1n) is 16.7. The van der Waals surface area contributed by atoms with Gasteiger partial charge in [-0.05, 0) is 48.7 Å². The molecule has 258 valence electrons. The zero-order valence-electron chi connectivity index (χ0n) is 27.8. The van der Waals surface area contributed by atoms with Crippen molar-refractivity contribution in [2.24, 2.45) is 0 Å². The van der Waals surface area contributed by atoms with E-state index in [4.69, 9.17) is 32.2 Å². The lowest BCUT2D eigenvalue weighted by Crippen LogP contribution is -2.40. The minimum absolute atomic E-state index is 0.0699. The van der Waals surface area contributed by atoms with Crippen molar-refractivity contribution in [3.05, 3.63) is 105 Å². The van der Waals surface area contributed by atoms with E-state index >= 15 is 0 Å². The van der Waals surface area contributed by atoms with Gasteiger partial charge in [0.15, 0.2) is 5.65 Å². The summed E-state index contributed by atoms with van der Waals surface area (Å²) in [5, 5.41) is 16.5. The number of morpholine rings is 1. The van der Waals surface area contributed by atoms with Crippen molar-refractivity contribution in [3.63, 3.8) is 0 Å². The number of nitrogens with two attached hydrogens (primary N) is 1. The minimum atomic E-state index is -0.269. The summed E-state index contributed by atoms with van der Waals surface area (Å²) in [7, 11) is 0. The number of carbonyl (C=O) groups excluding carboxylic acids is 1. The average Bonchev–Trinajstić information content (AvgIpc) is 3.51. The summed E-state index contributed by atoms with van der Waals surface area (Å²) in [6.45, 7) is 2.69. The van der Waals surface area contributed by atoms with E-state index in [0.717, 1.165) is 18.4 Å². The lowest BCUT2D eigenvalue weighted by atomic mass is 10.1. The molecule has 0 aliphatic carbocycles. The Bertz CT molecular complexity index is 2370. The van der Waals surface area contributed by atoms with Gasteiger partial charge in [-0.3, -0.25) is 14.2 Å². The first-order valence-corrected chi connectivity index (χ1v) is 17.1. The van der Waals surface area contributed by atoms with Crippen LogP contribution in [0.3, 0.4) is 0 Å².